The Bertz CT molecular complexity index is 779. The van der Waals surface area contributed by atoms with Crippen molar-refractivity contribution in [1.29, 1.82) is 0 Å². The van der Waals surface area contributed by atoms with E-state index in [4.69, 9.17) is 0 Å². The van der Waals surface area contributed by atoms with Gasteiger partial charge in [-0.3, -0.25) is 9.52 Å². The van der Waals surface area contributed by atoms with Gasteiger partial charge in [0, 0.05) is 12.6 Å². The minimum atomic E-state index is -3.76. The number of benzene rings is 1. The minimum Gasteiger partial charge on any atom is -0.316 e. The molecule has 0 aliphatic rings. The Hall–Kier alpha value is -2.19. The van der Waals surface area contributed by atoms with Crippen molar-refractivity contribution in [1.82, 2.24) is 15.5 Å². The summed E-state index contributed by atoms with van der Waals surface area (Å²) in [5.41, 5.74) is 1.17. The zero-order chi connectivity index (χ0) is 15.5. The SMILES string of the molecule is CNCc1cccc(S(=O)(=O)Nc2ccc(=O)[nH]n2)c1C. The van der Waals surface area contributed by atoms with Crippen LogP contribution in [-0.2, 0) is 16.6 Å². The van der Waals surface area contributed by atoms with Gasteiger partial charge in [0.25, 0.3) is 15.6 Å². The van der Waals surface area contributed by atoms with Crippen LogP contribution in [0.25, 0.3) is 0 Å². The summed E-state index contributed by atoms with van der Waals surface area (Å²) in [6.07, 6.45) is 0. The van der Waals surface area contributed by atoms with E-state index in [0.29, 0.717) is 12.1 Å². The summed E-state index contributed by atoms with van der Waals surface area (Å²) in [6.45, 7) is 2.33. The lowest BCUT2D eigenvalue weighted by Crippen LogP contribution is -2.18. The topological polar surface area (TPSA) is 104 Å². The largest absolute Gasteiger partial charge is 0.316 e. The molecule has 7 nitrogen and oxygen atoms in total. The van der Waals surface area contributed by atoms with E-state index in [2.05, 4.69) is 20.2 Å². The zero-order valence-electron chi connectivity index (χ0n) is 11.7. The molecule has 0 bridgehead atoms. The van der Waals surface area contributed by atoms with E-state index in [1.165, 1.54) is 18.2 Å². The first kappa shape index (κ1) is 15.2. The van der Waals surface area contributed by atoms with Crippen molar-refractivity contribution in [3.8, 4) is 0 Å². The molecule has 0 amide bonds. The molecule has 2 rings (SSSR count). The van der Waals surface area contributed by atoms with Gasteiger partial charge in [0.1, 0.15) is 0 Å². The van der Waals surface area contributed by atoms with Crippen LogP contribution in [0.2, 0.25) is 0 Å². The van der Waals surface area contributed by atoms with Crippen molar-refractivity contribution in [2.45, 2.75) is 18.4 Å². The number of sulfonamides is 1. The molecule has 112 valence electrons. The van der Waals surface area contributed by atoms with E-state index in [0.717, 1.165) is 5.56 Å². The molecule has 0 saturated heterocycles. The van der Waals surface area contributed by atoms with Crippen LogP contribution in [0, 0.1) is 6.92 Å². The van der Waals surface area contributed by atoms with Crippen LogP contribution in [0.4, 0.5) is 5.82 Å². The molecule has 3 N–H and O–H groups in total. The maximum atomic E-state index is 12.4. The van der Waals surface area contributed by atoms with Crippen LogP contribution in [0.1, 0.15) is 11.1 Å². The average molecular weight is 308 g/mol. The summed E-state index contributed by atoms with van der Waals surface area (Å²) < 4.78 is 27.1. The monoisotopic (exact) mass is 308 g/mol. The van der Waals surface area contributed by atoms with Crippen molar-refractivity contribution in [2.75, 3.05) is 11.8 Å². The highest BCUT2D eigenvalue weighted by Crippen LogP contribution is 2.20. The van der Waals surface area contributed by atoms with E-state index in [-0.39, 0.29) is 10.7 Å². The summed E-state index contributed by atoms with van der Waals surface area (Å²) in [4.78, 5) is 11.1. The van der Waals surface area contributed by atoms with Gasteiger partial charge in [-0.2, -0.15) is 5.10 Å². The number of aromatic nitrogens is 2. The van der Waals surface area contributed by atoms with E-state index in [1.807, 2.05) is 6.07 Å². The molecule has 0 unspecified atom stereocenters. The fourth-order valence-corrected chi connectivity index (χ4v) is 3.22. The summed E-state index contributed by atoms with van der Waals surface area (Å²) in [5.74, 6) is 0.0630. The molecule has 0 saturated carbocycles. The van der Waals surface area contributed by atoms with Gasteiger partial charge in [-0.15, -0.1) is 0 Å². The maximum Gasteiger partial charge on any atom is 0.264 e. The standard InChI is InChI=1S/C13H16N4O3S/c1-9-10(8-14-2)4-3-5-11(9)21(19,20)17-12-6-7-13(18)16-15-12/h3-7,14H,8H2,1-2H3,(H,15,17)(H,16,18). The molecular formula is C13H16N4O3S. The number of aromatic amines is 1. The summed E-state index contributed by atoms with van der Waals surface area (Å²) in [7, 11) is -1.97. The molecule has 0 atom stereocenters. The predicted octanol–water partition coefficient (Wildman–Crippen LogP) is 0.599. The molecule has 0 spiro atoms. The van der Waals surface area contributed by atoms with Gasteiger partial charge in [0.2, 0.25) is 0 Å². The first-order valence-electron chi connectivity index (χ1n) is 6.25. The first-order valence-corrected chi connectivity index (χ1v) is 7.74. The quantitative estimate of drug-likeness (QED) is 0.750. The Morgan fingerprint density at radius 3 is 2.62 bits per heavy atom. The van der Waals surface area contributed by atoms with Gasteiger partial charge in [-0.1, -0.05) is 12.1 Å². The van der Waals surface area contributed by atoms with Crippen molar-refractivity contribution in [3.05, 3.63) is 51.8 Å². The molecule has 0 aliphatic carbocycles. The van der Waals surface area contributed by atoms with Gasteiger partial charge in [-0.05, 0) is 37.2 Å². The van der Waals surface area contributed by atoms with Crippen LogP contribution in [-0.4, -0.2) is 25.7 Å². The number of hydrogen-bond donors (Lipinski definition) is 3. The molecule has 0 aliphatic heterocycles. The van der Waals surface area contributed by atoms with Gasteiger partial charge >= 0.3 is 0 Å². The normalized spacial score (nSPS) is 11.3. The van der Waals surface area contributed by atoms with Crippen LogP contribution in [0.15, 0.2) is 40.0 Å². The van der Waals surface area contributed by atoms with Gasteiger partial charge < -0.3 is 5.32 Å². The Labute approximate surface area is 122 Å². The first-order chi connectivity index (χ1) is 9.94. The van der Waals surface area contributed by atoms with E-state index in [1.54, 1.807) is 20.0 Å². The van der Waals surface area contributed by atoms with Crippen LogP contribution >= 0.6 is 0 Å². The number of nitrogens with one attached hydrogen (secondary N) is 3. The molecule has 1 aromatic carbocycles. The van der Waals surface area contributed by atoms with Crippen molar-refractivity contribution in [3.63, 3.8) is 0 Å². The third-order valence-corrected chi connectivity index (χ3v) is 4.47. The van der Waals surface area contributed by atoms with Crippen molar-refractivity contribution >= 4 is 15.8 Å². The smallest absolute Gasteiger partial charge is 0.264 e. The van der Waals surface area contributed by atoms with Crippen molar-refractivity contribution in [2.24, 2.45) is 0 Å². The molecule has 0 radical (unpaired) electrons. The maximum absolute atomic E-state index is 12.4. The molecular weight excluding hydrogens is 292 g/mol. The highest BCUT2D eigenvalue weighted by molar-refractivity contribution is 7.92. The third-order valence-electron chi connectivity index (χ3n) is 2.97. The number of anilines is 1. The molecule has 1 aromatic heterocycles. The highest BCUT2D eigenvalue weighted by Gasteiger charge is 2.18. The van der Waals surface area contributed by atoms with Crippen LogP contribution in [0.3, 0.4) is 0 Å². The molecule has 8 heteroatoms. The second-order valence-electron chi connectivity index (χ2n) is 4.48. The Kier molecular flexibility index (Phi) is 4.39. The predicted molar refractivity (Wildman–Crippen MR) is 79.6 cm³/mol. The second kappa shape index (κ2) is 6.06. The van der Waals surface area contributed by atoms with Crippen LogP contribution < -0.4 is 15.6 Å². The molecule has 21 heavy (non-hydrogen) atoms. The van der Waals surface area contributed by atoms with Gasteiger partial charge in [0.15, 0.2) is 5.82 Å². The third kappa shape index (κ3) is 3.47. The Balaban J connectivity index is 2.37. The molecule has 1 heterocycles. The fraction of sp³-hybridized carbons (Fsp3) is 0.231. The minimum absolute atomic E-state index is 0.0630. The van der Waals surface area contributed by atoms with E-state index >= 15 is 0 Å². The lowest BCUT2D eigenvalue weighted by atomic mass is 10.1. The number of rotatable bonds is 5. The number of nitrogens with zero attached hydrogens (tertiary/aromatic N) is 1. The van der Waals surface area contributed by atoms with Crippen molar-refractivity contribution < 1.29 is 8.42 Å². The fourth-order valence-electron chi connectivity index (χ4n) is 1.93. The van der Waals surface area contributed by atoms with Crippen LogP contribution in [0.5, 0.6) is 0 Å². The molecule has 2 aromatic rings. The summed E-state index contributed by atoms with van der Waals surface area (Å²) in [5, 5.41) is 8.81. The van der Waals surface area contributed by atoms with E-state index in [9.17, 15) is 13.2 Å². The zero-order valence-corrected chi connectivity index (χ0v) is 12.5. The highest BCUT2D eigenvalue weighted by atomic mass is 32.2. The molecule has 0 fully saturated rings. The Morgan fingerprint density at radius 2 is 2.00 bits per heavy atom. The lowest BCUT2D eigenvalue weighted by molar-refractivity contribution is 0.600. The summed E-state index contributed by atoms with van der Waals surface area (Å²) in [6, 6.07) is 7.60. The lowest BCUT2D eigenvalue weighted by Gasteiger charge is -2.12. The van der Waals surface area contributed by atoms with Gasteiger partial charge in [0.05, 0.1) is 4.90 Å². The summed E-state index contributed by atoms with van der Waals surface area (Å²) >= 11 is 0. The van der Waals surface area contributed by atoms with Gasteiger partial charge in [-0.25, -0.2) is 13.5 Å². The van der Waals surface area contributed by atoms with E-state index < -0.39 is 15.6 Å². The average Bonchev–Trinajstić information content (AvgIpc) is 2.43. The number of H-pyrrole nitrogens is 1. The number of hydrogen-bond acceptors (Lipinski definition) is 5. The second-order valence-corrected chi connectivity index (χ2v) is 6.13. The Morgan fingerprint density at radius 1 is 1.24 bits per heavy atom.